The fourth-order valence-corrected chi connectivity index (χ4v) is 4.17. The van der Waals surface area contributed by atoms with Gasteiger partial charge in [0.25, 0.3) is 0 Å². The lowest BCUT2D eigenvalue weighted by molar-refractivity contribution is -0.143. The van der Waals surface area contributed by atoms with E-state index >= 15 is 0 Å². The molecule has 6 heteroatoms. The highest BCUT2D eigenvalue weighted by atomic mass is 16.6. The van der Waals surface area contributed by atoms with Crippen LogP contribution in [0.25, 0.3) is 10.9 Å². The van der Waals surface area contributed by atoms with Gasteiger partial charge in [-0.2, -0.15) is 0 Å². The molecule has 0 radical (unpaired) electrons. The second-order valence-corrected chi connectivity index (χ2v) is 9.87. The summed E-state index contributed by atoms with van der Waals surface area (Å²) in [6.07, 6.45) is 3.01. The highest BCUT2D eigenvalue weighted by Crippen LogP contribution is 2.25. The van der Waals surface area contributed by atoms with Gasteiger partial charge in [-0.05, 0) is 32.4 Å². The molecule has 1 heterocycles. The van der Waals surface area contributed by atoms with Crippen molar-refractivity contribution < 1.29 is 19.1 Å². The Morgan fingerprint density at radius 3 is 2.08 bits per heavy atom. The third kappa shape index (κ3) is 6.45. The summed E-state index contributed by atoms with van der Waals surface area (Å²) < 4.78 is 12.6. The van der Waals surface area contributed by atoms with Crippen molar-refractivity contribution >= 4 is 28.7 Å². The minimum atomic E-state index is -0.858. The van der Waals surface area contributed by atoms with E-state index in [9.17, 15) is 9.59 Å². The van der Waals surface area contributed by atoms with E-state index in [0.29, 0.717) is 11.2 Å². The highest BCUT2D eigenvalue weighted by Gasteiger charge is 2.26. The Morgan fingerprint density at radius 1 is 0.921 bits per heavy atom. The van der Waals surface area contributed by atoms with E-state index in [1.807, 2.05) is 106 Å². The predicted octanol–water partition coefficient (Wildman–Crippen LogP) is 6.60. The van der Waals surface area contributed by atoms with Gasteiger partial charge in [0.15, 0.2) is 6.04 Å². The number of hydrogen-bond acceptors (Lipinski definition) is 5. The van der Waals surface area contributed by atoms with Crippen LogP contribution < -0.4 is 0 Å². The Bertz CT molecular complexity index is 1410. The maximum Gasteiger partial charge on any atom is 0.419 e. The van der Waals surface area contributed by atoms with Crippen molar-refractivity contribution in [3.05, 3.63) is 120 Å². The first-order chi connectivity index (χ1) is 18.3. The van der Waals surface area contributed by atoms with Crippen LogP contribution >= 0.6 is 0 Å². The average Bonchev–Trinajstić information content (AvgIpc) is 3.28. The van der Waals surface area contributed by atoms with Gasteiger partial charge in [0, 0.05) is 29.1 Å². The Hall–Kier alpha value is -4.45. The summed E-state index contributed by atoms with van der Waals surface area (Å²) in [6.45, 7) is 9.21. The quantitative estimate of drug-likeness (QED) is 0.153. The van der Waals surface area contributed by atoms with Gasteiger partial charge in [-0.1, -0.05) is 91.5 Å². The molecule has 38 heavy (non-hydrogen) atoms. The molecule has 0 aliphatic heterocycles. The number of carbonyl (C=O) groups excluding carboxylic acids is 2. The van der Waals surface area contributed by atoms with Crippen LogP contribution in [0.15, 0.2) is 109 Å². The molecule has 1 atom stereocenters. The number of esters is 1. The topological polar surface area (TPSA) is 69.9 Å². The van der Waals surface area contributed by atoms with Gasteiger partial charge in [-0.25, -0.2) is 9.59 Å². The summed E-state index contributed by atoms with van der Waals surface area (Å²) in [6, 6.07) is 26.2. The average molecular weight is 509 g/mol. The minimum Gasteiger partial charge on any atom is -0.460 e. The Labute approximate surface area is 223 Å². The first-order valence-corrected chi connectivity index (χ1v) is 12.6. The van der Waals surface area contributed by atoms with Gasteiger partial charge in [-0.3, -0.25) is 9.56 Å². The van der Waals surface area contributed by atoms with Crippen molar-refractivity contribution in [2.75, 3.05) is 6.61 Å². The zero-order valence-electron chi connectivity index (χ0n) is 22.0. The summed E-state index contributed by atoms with van der Waals surface area (Å²) in [5.41, 5.74) is 3.29. The van der Waals surface area contributed by atoms with Gasteiger partial charge < -0.3 is 9.47 Å². The second-order valence-electron chi connectivity index (χ2n) is 9.87. The molecule has 6 nitrogen and oxygen atoms in total. The Kier molecular flexibility index (Phi) is 8.22. The predicted molar refractivity (Wildman–Crippen MR) is 151 cm³/mol. The van der Waals surface area contributed by atoms with Gasteiger partial charge in [-0.15, -0.1) is 0 Å². The van der Waals surface area contributed by atoms with E-state index < -0.39 is 23.7 Å². The van der Waals surface area contributed by atoms with Crippen LogP contribution in [0.1, 0.15) is 37.5 Å². The molecule has 4 rings (SSSR count). The van der Waals surface area contributed by atoms with Crippen molar-refractivity contribution in [1.82, 2.24) is 4.57 Å². The van der Waals surface area contributed by atoms with E-state index in [4.69, 9.17) is 14.5 Å². The number of aromatic nitrogens is 1. The summed E-state index contributed by atoms with van der Waals surface area (Å²) in [4.78, 5) is 31.3. The third-order valence-corrected chi connectivity index (χ3v) is 5.79. The number of nitrogens with zero attached hydrogens (tertiary/aromatic N) is 2. The molecule has 1 aromatic heterocycles. The summed E-state index contributed by atoms with van der Waals surface area (Å²) in [5.74, 6) is -0.469. The van der Waals surface area contributed by atoms with Gasteiger partial charge in [0.1, 0.15) is 12.2 Å². The largest absolute Gasteiger partial charge is 0.460 e. The number of hydrogen-bond donors (Lipinski definition) is 0. The smallest absolute Gasteiger partial charge is 0.419 e. The molecule has 1 unspecified atom stereocenters. The normalized spacial score (nSPS) is 12.0. The van der Waals surface area contributed by atoms with Crippen LogP contribution in [0.2, 0.25) is 0 Å². The van der Waals surface area contributed by atoms with Crippen molar-refractivity contribution in [3.8, 4) is 0 Å². The van der Waals surface area contributed by atoms with E-state index in [-0.39, 0.29) is 13.0 Å². The number of benzene rings is 3. The van der Waals surface area contributed by atoms with Crippen molar-refractivity contribution in [2.45, 2.75) is 38.8 Å². The SMILES string of the molecule is C=CCOC(=O)C(Cc1cn(C(=O)OC(C)(C)C)c2ccccc12)N=C(c1ccccc1)c1ccccc1. The lowest BCUT2D eigenvalue weighted by atomic mass is 10.0. The van der Waals surface area contributed by atoms with Crippen LogP contribution in [0.4, 0.5) is 4.79 Å². The molecular weight excluding hydrogens is 476 g/mol. The molecule has 0 N–H and O–H groups in total. The van der Waals surface area contributed by atoms with Crippen LogP contribution in [-0.2, 0) is 20.7 Å². The number of fused-ring (bicyclic) bond motifs is 1. The van der Waals surface area contributed by atoms with Crippen LogP contribution in [-0.4, -0.2) is 40.6 Å². The van der Waals surface area contributed by atoms with E-state index in [1.165, 1.54) is 10.6 Å². The Balaban J connectivity index is 1.81. The summed E-state index contributed by atoms with van der Waals surface area (Å²) in [7, 11) is 0. The first-order valence-electron chi connectivity index (χ1n) is 12.6. The van der Waals surface area contributed by atoms with Crippen LogP contribution in [0, 0.1) is 0 Å². The molecule has 0 aliphatic rings. The molecule has 4 aromatic rings. The highest BCUT2D eigenvalue weighted by molar-refractivity contribution is 6.13. The molecule has 194 valence electrons. The van der Waals surface area contributed by atoms with E-state index in [0.717, 1.165) is 22.1 Å². The molecule has 0 bridgehead atoms. The molecule has 0 aliphatic carbocycles. The van der Waals surface area contributed by atoms with Gasteiger partial charge >= 0.3 is 12.1 Å². The molecule has 0 saturated heterocycles. The second kappa shape index (κ2) is 11.7. The molecular formula is C32H32N2O4. The fraction of sp³-hybridized carbons (Fsp3) is 0.219. The summed E-state index contributed by atoms with van der Waals surface area (Å²) in [5, 5.41) is 0.844. The van der Waals surface area contributed by atoms with Gasteiger partial charge in [0.2, 0.25) is 0 Å². The zero-order chi connectivity index (χ0) is 27.1. The number of rotatable bonds is 8. The number of aliphatic imine (C=N–C) groups is 1. The van der Waals surface area contributed by atoms with Crippen molar-refractivity contribution in [2.24, 2.45) is 4.99 Å². The Morgan fingerprint density at radius 2 is 1.50 bits per heavy atom. The fourth-order valence-electron chi connectivity index (χ4n) is 4.17. The molecule has 0 spiro atoms. The monoisotopic (exact) mass is 508 g/mol. The first kappa shape index (κ1) is 26.6. The maximum absolute atomic E-state index is 13.3. The lowest BCUT2D eigenvalue weighted by Crippen LogP contribution is -2.27. The number of ether oxygens (including phenoxy) is 2. The minimum absolute atomic E-state index is 0.0799. The van der Waals surface area contributed by atoms with Crippen molar-refractivity contribution in [1.29, 1.82) is 0 Å². The van der Waals surface area contributed by atoms with E-state index in [1.54, 1.807) is 6.20 Å². The van der Waals surface area contributed by atoms with Crippen LogP contribution in [0.5, 0.6) is 0 Å². The third-order valence-electron chi connectivity index (χ3n) is 5.79. The molecule has 0 amide bonds. The zero-order valence-corrected chi connectivity index (χ0v) is 22.0. The van der Waals surface area contributed by atoms with Crippen molar-refractivity contribution in [3.63, 3.8) is 0 Å². The molecule has 3 aromatic carbocycles. The molecule has 0 fully saturated rings. The standard InChI is InChI=1S/C32H32N2O4/c1-5-20-37-30(35)27(33-29(23-14-8-6-9-15-23)24-16-10-7-11-17-24)21-25-22-34(31(36)38-32(2,3)4)28-19-13-12-18-26(25)28/h5-19,22,27H,1,20-21H2,2-4H3. The summed E-state index contributed by atoms with van der Waals surface area (Å²) >= 11 is 0. The number of para-hydroxylation sites is 1. The number of carbonyl (C=O) groups is 2. The van der Waals surface area contributed by atoms with E-state index in [2.05, 4.69) is 6.58 Å². The lowest BCUT2D eigenvalue weighted by Gasteiger charge is -2.19. The molecule has 0 saturated carbocycles. The van der Waals surface area contributed by atoms with Gasteiger partial charge in [0.05, 0.1) is 11.2 Å². The van der Waals surface area contributed by atoms with Crippen LogP contribution in [0.3, 0.4) is 0 Å². The maximum atomic E-state index is 13.3.